The second-order valence-corrected chi connectivity index (χ2v) is 7.40. The van der Waals surface area contributed by atoms with Crippen LogP contribution in [0.2, 0.25) is 0 Å². The van der Waals surface area contributed by atoms with E-state index in [9.17, 15) is 19.5 Å². The molecule has 2 aromatic carbocycles. The number of amides is 2. The van der Waals surface area contributed by atoms with E-state index < -0.39 is 0 Å². The number of aromatic nitrogens is 1. The number of aromatic amines is 1. The minimum atomic E-state index is -0.278. The lowest BCUT2D eigenvalue weighted by molar-refractivity contribution is 0.0656. The molecule has 2 amide bonds. The van der Waals surface area contributed by atoms with Gasteiger partial charge in [-0.3, -0.25) is 24.3 Å². The van der Waals surface area contributed by atoms with Gasteiger partial charge >= 0.3 is 4.87 Å². The van der Waals surface area contributed by atoms with E-state index in [4.69, 9.17) is 0 Å². The molecule has 0 radical (unpaired) electrons. The fourth-order valence-corrected chi connectivity index (χ4v) is 3.92. The third kappa shape index (κ3) is 3.29. The molecule has 7 heteroatoms. The summed E-state index contributed by atoms with van der Waals surface area (Å²) < 4.78 is 0. The van der Waals surface area contributed by atoms with Gasteiger partial charge in [-0.1, -0.05) is 47.7 Å². The van der Waals surface area contributed by atoms with Crippen LogP contribution in [-0.2, 0) is 12.8 Å². The monoisotopic (exact) mass is 380 g/mol. The van der Waals surface area contributed by atoms with E-state index in [1.54, 1.807) is 24.3 Å². The molecule has 0 unspecified atom stereocenters. The van der Waals surface area contributed by atoms with Crippen LogP contribution in [0.1, 0.15) is 36.7 Å². The predicted octanol–water partition coefficient (Wildman–Crippen LogP) is 2.57. The summed E-state index contributed by atoms with van der Waals surface area (Å²) in [7, 11) is 0. The molecule has 0 spiro atoms. The van der Waals surface area contributed by atoms with Crippen LogP contribution < -0.4 is 4.87 Å². The van der Waals surface area contributed by atoms with Gasteiger partial charge in [-0.05, 0) is 29.7 Å². The Balaban J connectivity index is 1.41. The number of imide groups is 1. The van der Waals surface area contributed by atoms with Gasteiger partial charge in [0.15, 0.2) is 0 Å². The van der Waals surface area contributed by atoms with Crippen molar-refractivity contribution in [3.63, 3.8) is 0 Å². The first-order valence-electron chi connectivity index (χ1n) is 8.47. The van der Waals surface area contributed by atoms with Crippen LogP contribution in [0.25, 0.3) is 0 Å². The zero-order valence-electron chi connectivity index (χ0n) is 14.3. The van der Waals surface area contributed by atoms with Gasteiger partial charge in [-0.25, -0.2) is 0 Å². The molecule has 2 heterocycles. The first kappa shape index (κ1) is 17.2. The molecule has 27 heavy (non-hydrogen) atoms. The summed E-state index contributed by atoms with van der Waals surface area (Å²) in [4.78, 5) is 40.0. The number of carbonyl (C=O) groups excluding carboxylic acids is 2. The number of thiazole rings is 1. The molecule has 0 saturated carbocycles. The Labute approximate surface area is 158 Å². The molecule has 3 aromatic rings. The van der Waals surface area contributed by atoms with Gasteiger partial charge in [0.05, 0.1) is 16.0 Å². The Bertz CT molecular complexity index is 1050. The fourth-order valence-electron chi connectivity index (χ4n) is 3.16. The fraction of sp³-hybridized carbons (Fsp3) is 0.150. The predicted molar refractivity (Wildman–Crippen MR) is 101 cm³/mol. The number of hydrogen-bond donors (Lipinski definition) is 2. The maximum atomic E-state index is 12.4. The Morgan fingerprint density at radius 2 is 1.48 bits per heavy atom. The summed E-state index contributed by atoms with van der Waals surface area (Å²) in [6, 6.07) is 14.6. The number of rotatable bonds is 5. The Kier molecular flexibility index (Phi) is 4.37. The summed E-state index contributed by atoms with van der Waals surface area (Å²) in [6.07, 6.45) is 1.03. The number of H-pyrrole nitrogens is 1. The smallest absolute Gasteiger partial charge is 0.307 e. The van der Waals surface area contributed by atoms with Crippen LogP contribution in [0, 0.1) is 0 Å². The van der Waals surface area contributed by atoms with Gasteiger partial charge in [0.25, 0.3) is 11.8 Å². The van der Waals surface area contributed by atoms with Crippen molar-refractivity contribution >= 4 is 23.2 Å². The van der Waals surface area contributed by atoms with E-state index in [0.717, 1.165) is 22.5 Å². The molecule has 2 N–H and O–H groups in total. The molecule has 1 aliphatic heterocycles. The molecule has 0 fully saturated rings. The van der Waals surface area contributed by atoms with E-state index in [0.29, 0.717) is 35.4 Å². The summed E-state index contributed by atoms with van der Waals surface area (Å²) in [5.74, 6) is -0.574. The minimum Gasteiger partial charge on any atom is -0.494 e. The standard InChI is InChI=1S/C20H16N2O4S/c23-17-16(27-20(26)21-17)11-13-7-5-12(6-8-13)9-10-22-18(24)14-3-1-2-4-15(14)19(22)25/h1-8,23H,9-11H2,(H,21,26). The molecular formula is C20H16N2O4S. The molecule has 136 valence electrons. The molecule has 4 rings (SSSR count). The molecule has 0 saturated heterocycles. The molecule has 0 atom stereocenters. The zero-order valence-corrected chi connectivity index (χ0v) is 15.1. The third-order valence-corrected chi connectivity index (χ3v) is 5.46. The van der Waals surface area contributed by atoms with Gasteiger partial charge in [0, 0.05) is 13.0 Å². The van der Waals surface area contributed by atoms with Crippen LogP contribution in [0.15, 0.2) is 53.3 Å². The number of benzene rings is 2. The Hall–Kier alpha value is -3.19. The molecule has 1 aromatic heterocycles. The minimum absolute atomic E-state index is 0.0836. The average Bonchev–Trinajstić information content (AvgIpc) is 3.11. The van der Waals surface area contributed by atoms with E-state index in [1.807, 2.05) is 24.3 Å². The first-order valence-corrected chi connectivity index (χ1v) is 9.28. The summed E-state index contributed by atoms with van der Waals surface area (Å²) in [6.45, 7) is 0.325. The van der Waals surface area contributed by atoms with Crippen LogP contribution in [-0.4, -0.2) is 33.3 Å². The lowest BCUT2D eigenvalue weighted by Crippen LogP contribution is -2.31. The number of nitrogens with zero attached hydrogens (tertiary/aromatic N) is 1. The van der Waals surface area contributed by atoms with Crippen molar-refractivity contribution in [3.05, 3.63) is 85.3 Å². The van der Waals surface area contributed by atoms with Gasteiger partial charge < -0.3 is 5.11 Å². The van der Waals surface area contributed by atoms with Crippen molar-refractivity contribution in [2.24, 2.45) is 0 Å². The van der Waals surface area contributed by atoms with Crippen molar-refractivity contribution in [1.29, 1.82) is 0 Å². The molecule has 1 aliphatic rings. The van der Waals surface area contributed by atoms with E-state index >= 15 is 0 Å². The van der Waals surface area contributed by atoms with Gasteiger partial charge in [0.2, 0.25) is 5.88 Å². The average molecular weight is 380 g/mol. The highest BCUT2D eigenvalue weighted by Crippen LogP contribution is 2.23. The maximum absolute atomic E-state index is 12.4. The largest absolute Gasteiger partial charge is 0.494 e. The van der Waals surface area contributed by atoms with Gasteiger partial charge in [0.1, 0.15) is 0 Å². The number of fused-ring (bicyclic) bond motifs is 1. The quantitative estimate of drug-likeness (QED) is 0.666. The summed E-state index contributed by atoms with van der Waals surface area (Å²) >= 11 is 0.992. The van der Waals surface area contributed by atoms with E-state index in [2.05, 4.69) is 4.98 Å². The molecule has 0 aliphatic carbocycles. The van der Waals surface area contributed by atoms with Gasteiger partial charge in [-0.2, -0.15) is 0 Å². The van der Waals surface area contributed by atoms with E-state index in [-0.39, 0.29) is 22.6 Å². The Morgan fingerprint density at radius 3 is 2.04 bits per heavy atom. The van der Waals surface area contributed by atoms with Crippen molar-refractivity contribution in [2.45, 2.75) is 12.8 Å². The molecule has 0 bridgehead atoms. The van der Waals surface area contributed by atoms with E-state index in [1.165, 1.54) is 4.90 Å². The third-order valence-electron chi connectivity index (χ3n) is 4.59. The van der Waals surface area contributed by atoms with Crippen LogP contribution in [0.4, 0.5) is 0 Å². The maximum Gasteiger partial charge on any atom is 0.307 e. The lowest BCUT2D eigenvalue weighted by Gasteiger charge is -2.13. The number of carbonyl (C=O) groups is 2. The summed E-state index contributed by atoms with van der Waals surface area (Å²) in [5.41, 5.74) is 2.89. The lowest BCUT2D eigenvalue weighted by atomic mass is 10.1. The van der Waals surface area contributed by atoms with Gasteiger partial charge in [-0.15, -0.1) is 0 Å². The van der Waals surface area contributed by atoms with Crippen LogP contribution in [0.3, 0.4) is 0 Å². The second kappa shape index (κ2) is 6.85. The SMILES string of the molecule is O=C1c2ccccc2C(=O)N1CCc1ccc(Cc2sc(=O)[nH]c2O)cc1. The number of hydrogen-bond acceptors (Lipinski definition) is 5. The summed E-state index contributed by atoms with van der Waals surface area (Å²) in [5, 5.41) is 9.66. The highest BCUT2D eigenvalue weighted by molar-refractivity contribution is 7.09. The number of aromatic hydroxyl groups is 1. The van der Waals surface area contributed by atoms with Crippen molar-refractivity contribution in [3.8, 4) is 5.88 Å². The first-order chi connectivity index (χ1) is 13.0. The van der Waals surface area contributed by atoms with Crippen molar-refractivity contribution < 1.29 is 14.7 Å². The highest BCUT2D eigenvalue weighted by Gasteiger charge is 2.34. The van der Waals surface area contributed by atoms with Crippen molar-refractivity contribution in [1.82, 2.24) is 9.88 Å². The normalized spacial score (nSPS) is 13.3. The van der Waals surface area contributed by atoms with Crippen LogP contribution >= 0.6 is 11.3 Å². The zero-order chi connectivity index (χ0) is 19.0. The second-order valence-electron chi connectivity index (χ2n) is 6.34. The topological polar surface area (TPSA) is 90.5 Å². The number of nitrogens with one attached hydrogen (secondary N) is 1. The van der Waals surface area contributed by atoms with Crippen LogP contribution in [0.5, 0.6) is 5.88 Å². The highest BCUT2D eigenvalue weighted by atomic mass is 32.1. The van der Waals surface area contributed by atoms with Crippen molar-refractivity contribution in [2.75, 3.05) is 6.54 Å². The molecular weight excluding hydrogens is 364 g/mol. The Morgan fingerprint density at radius 1 is 0.889 bits per heavy atom. The molecule has 6 nitrogen and oxygen atoms in total.